The SMILES string of the molecule is CCN(CC)c1ccc(Nc2nc(-c3cn(C)c4ccccc34)n3nccc3n2)cc1N. The van der Waals surface area contributed by atoms with E-state index in [1.807, 2.05) is 43.4 Å². The number of hydrogen-bond donors (Lipinski definition) is 2. The van der Waals surface area contributed by atoms with Gasteiger partial charge in [0, 0.05) is 54.6 Å². The summed E-state index contributed by atoms with van der Waals surface area (Å²) in [6, 6.07) is 16.1. The summed E-state index contributed by atoms with van der Waals surface area (Å²) in [5.74, 6) is 1.22. The van der Waals surface area contributed by atoms with Crippen LogP contribution in [0.5, 0.6) is 0 Å². The van der Waals surface area contributed by atoms with Crippen LogP contribution in [0, 0.1) is 0 Å². The number of fused-ring (bicyclic) bond motifs is 2. The normalized spacial score (nSPS) is 11.3. The molecule has 0 aliphatic heterocycles. The topological polar surface area (TPSA) is 89.3 Å². The van der Waals surface area contributed by atoms with Crippen LogP contribution in [0.25, 0.3) is 27.9 Å². The zero-order chi connectivity index (χ0) is 22.2. The van der Waals surface area contributed by atoms with Crippen LogP contribution in [0.3, 0.4) is 0 Å². The number of para-hydroxylation sites is 1. The Hall–Kier alpha value is -4.07. The molecule has 0 saturated heterocycles. The van der Waals surface area contributed by atoms with Gasteiger partial charge in [0.15, 0.2) is 11.5 Å². The Morgan fingerprint density at radius 3 is 2.62 bits per heavy atom. The molecule has 8 nitrogen and oxygen atoms in total. The lowest BCUT2D eigenvalue weighted by molar-refractivity contribution is 0.868. The van der Waals surface area contributed by atoms with Gasteiger partial charge in [0.25, 0.3) is 0 Å². The third-order valence-electron chi connectivity index (χ3n) is 5.78. The van der Waals surface area contributed by atoms with Crippen LogP contribution in [0.4, 0.5) is 23.0 Å². The van der Waals surface area contributed by atoms with Gasteiger partial charge in [-0.3, -0.25) is 0 Å². The average molecular weight is 427 g/mol. The Kier molecular flexibility index (Phi) is 4.89. The highest BCUT2D eigenvalue weighted by atomic mass is 15.3. The predicted molar refractivity (Wildman–Crippen MR) is 130 cm³/mol. The van der Waals surface area contributed by atoms with E-state index < -0.39 is 0 Å². The lowest BCUT2D eigenvalue weighted by Crippen LogP contribution is -2.22. The number of benzene rings is 2. The van der Waals surface area contributed by atoms with E-state index in [1.54, 1.807) is 10.7 Å². The molecule has 0 radical (unpaired) electrons. The highest BCUT2D eigenvalue weighted by molar-refractivity contribution is 5.94. The summed E-state index contributed by atoms with van der Waals surface area (Å²) in [5, 5.41) is 8.89. The fraction of sp³-hybridized carbons (Fsp3) is 0.208. The number of nitrogens with one attached hydrogen (secondary N) is 1. The van der Waals surface area contributed by atoms with Crippen molar-refractivity contribution in [2.75, 3.05) is 29.0 Å². The molecular weight excluding hydrogens is 400 g/mol. The second kappa shape index (κ2) is 7.88. The van der Waals surface area contributed by atoms with Crippen molar-refractivity contribution in [1.82, 2.24) is 24.1 Å². The minimum Gasteiger partial charge on any atom is -0.397 e. The van der Waals surface area contributed by atoms with Crippen molar-refractivity contribution in [3.05, 3.63) is 60.9 Å². The molecule has 5 rings (SSSR count). The van der Waals surface area contributed by atoms with Crippen molar-refractivity contribution in [1.29, 1.82) is 0 Å². The molecule has 162 valence electrons. The lowest BCUT2D eigenvalue weighted by atomic mass is 10.1. The zero-order valence-electron chi connectivity index (χ0n) is 18.4. The first-order valence-electron chi connectivity index (χ1n) is 10.8. The van der Waals surface area contributed by atoms with Crippen molar-refractivity contribution < 1.29 is 0 Å². The molecule has 5 aromatic rings. The quantitative estimate of drug-likeness (QED) is 0.390. The molecule has 0 spiro atoms. The molecule has 0 unspecified atom stereocenters. The molecule has 0 saturated carbocycles. The van der Waals surface area contributed by atoms with Gasteiger partial charge in [-0.1, -0.05) is 18.2 Å². The number of hydrogen-bond acceptors (Lipinski definition) is 6. The maximum atomic E-state index is 6.35. The first-order chi connectivity index (χ1) is 15.6. The van der Waals surface area contributed by atoms with Crippen LogP contribution in [0.15, 0.2) is 60.9 Å². The molecule has 0 atom stereocenters. The Morgan fingerprint density at radius 1 is 1.03 bits per heavy atom. The van der Waals surface area contributed by atoms with Crippen LogP contribution in [0.2, 0.25) is 0 Å². The van der Waals surface area contributed by atoms with Crippen LogP contribution in [0.1, 0.15) is 13.8 Å². The van der Waals surface area contributed by atoms with E-state index in [-0.39, 0.29) is 0 Å². The van der Waals surface area contributed by atoms with Crippen molar-refractivity contribution in [2.24, 2.45) is 7.05 Å². The van der Waals surface area contributed by atoms with Crippen molar-refractivity contribution in [3.8, 4) is 11.4 Å². The second-order valence-corrected chi connectivity index (χ2v) is 7.71. The first kappa shape index (κ1) is 19.9. The third kappa shape index (κ3) is 3.30. The smallest absolute Gasteiger partial charge is 0.231 e. The van der Waals surface area contributed by atoms with Crippen molar-refractivity contribution in [2.45, 2.75) is 13.8 Å². The van der Waals surface area contributed by atoms with E-state index in [4.69, 9.17) is 10.7 Å². The van der Waals surface area contributed by atoms with E-state index in [2.05, 4.69) is 57.0 Å². The van der Waals surface area contributed by atoms with Crippen LogP contribution >= 0.6 is 0 Å². The van der Waals surface area contributed by atoms with E-state index in [0.717, 1.165) is 58.1 Å². The van der Waals surface area contributed by atoms with Crippen LogP contribution < -0.4 is 16.0 Å². The summed E-state index contributed by atoms with van der Waals surface area (Å²) in [4.78, 5) is 11.7. The highest BCUT2D eigenvalue weighted by Crippen LogP contribution is 2.31. The summed E-state index contributed by atoms with van der Waals surface area (Å²) >= 11 is 0. The largest absolute Gasteiger partial charge is 0.397 e. The van der Waals surface area contributed by atoms with Gasteiger partial charge in [-0.25, -0.2) is 0 Å². The van der Waals surface area contributed by atoms with Gasteiger partial charge >= 0.3 is 0 Å². The van der Waals surface area contributed by atoms with Gasteiger partial charge < -0.3 is 20.5 Å². The fourth-order valence-corrected chi connectivity index (χ4v) is 4.19. The van der Waals surface area contributed by atoms with Gasteiger partial charge in [-0.15, -0.1) is 0 Å². The maximum Gasteiger partial charge on any atom is 0.231 e. The van der Waals surface area contributed by atoms with Gasteiger partial charge in [0.2, 0.25) is 5.95 Å². The zero-order valence-corrected chi connectivity index (χ0v) is 18.4. The Labute approximate surface area is 186 Å². The van der Waals surface area contributed by atoms with E-state index >= 15 is 0 Å². The number of aryl methyl sites for hydroxylation is 1. The average Bonchev–Trinajstić information content (AvgIpc) is 3.40. The molecule has 0 aliphatic carbocycles. The molecule has 8 heteroatoms. The summed E-state index contributed by atoms with van der Waals surface area (Å²) in [6.45, 7) is 6.06. The molecule has 0 fully saturated rings. The molecule has 0 bridgehead atoms. The summed E-state index contributed by atoms with van der Waals surface area (Å²) in [7, 11) is 2.03. The number of nitrogen functional groups attached to an aromatic ring is 1. The van der Waals surface area contributed by atoms with E-state index in [9.17, 15) is 0 Å². The van der Waals surface area contributed by atoms with Gasteiger partial charge in [0.05, 0.1) is 17.6 Å². The van der Waals surface area contributed by atoms with Gasteiger partial charge in [-0.05, 0) is 38.1 Å². The molecule has 32 heavy (non-hydrogen) atoms. The van der Waals surface area contributed by atoms with Gasteiger partial charge in [-0.2, -0.15) is 19.6 Å². The monoisotopic (exact) mass is 426 g/mol. The Morgan fingerprint density at radius 2 is 1.84 bits per heavy atom. The standard InChI is InChI=1S/C24H26N8/c1-4-31(5-2)21-11-10-16(14-19(21)25)27-24-28-22-12-13-26-32(22)23(29-24)18-15-30(3)20-9-7-6-8-17(18)20/h6-15H,4-5,25H2,1-3H3,(H,27,28). The fourth-order valence-electron chi connectivity index (χ4n) is 4.19. The molecule has 2 aromatic carbocycles. The molecular formula is C24H26N8. The van der Waals surface area contributed by atoms with Crippen LogP contribution in [-0.4, -0.2) is 37.2 Å². The minimum atomic E-state index is 0.496. The molecule has 0 aliphatic rings. The Bertz CT molecular complexity index is 1410. The Balaban J connectivity index is 1.58. The number of anilines is 4. The van der Waals surface area contributed by atoms with Gasteiger partial charge in [0.1, 0.15) is 0 Å². The van der Waals surface area contributed by atoms with Crippen molar-refractivity contribution in [3.63, 3.8) is 0 Å². The number of nitrogens with two attached hydrogens (primary N) is 1. The van der Waals surface area contributed by atoms with Crippen LogP contribution in [-0.2, 0) is 7.05 Å². The third-order valence-corrected chi connectivity index (χ3v) is 5.78. The summed E-state index contributed by atoms with van der Waals surface area (Å²) < 4.78 is 3.87. The van der Waals surface area contributed by atoms with Crippen molar-refractivity contribution >= 4 is 39.6 Å². The second-order valence-electron chi connectivity index (χ2n) is 7.71. The molecule has 3 aromatic heterocycles. The maximum absolute atomic E-state index is 6.35. The molecule has 3 heterocycles. The number of nitrogens with zero attached hydrogens (tertiary/aromatic N) is 6. The first-order valence-corrected chi connectivity index (χ1v) is 10.8. The lowest BCUT2D eigenvalue weighted by Gasteiger charge is -2.23. The van der Waals surface area contributed by atoms with E-state index in [1.165, 1.54) is 0 Å². The minimum absolute atomic E-state index is 0.496. The highest BCUT2D eigenvalue weighted by Gasteiger charge is 2.16. The summed E-state index contributed by atoms with van der Waals surface area (Å²) in [5.41, 5.74) is 11.8. The predicted octanol–water partition coefficient (Wildman–Crippen LogP) is 4.46. The number of rotatable bonds is 6. The molecule has 3 N–H and O–H groups in total. The summed E-state index contributed by atoms with van der Waals surface area (Å²) in [6.07, 6.45) is 3.81. The number of aromatic nitrogens is 5. The molecule has 0 amide bonds. The van der Waals surface area contributed by atoms with E-state index in [0.29, 0.717) is 5.95 Å².